The lowest BCUT2D eigenvalue weighted by Gasteiger charge is -2.28. The lowest BCUT2D eigenvalue weighted by molar-refractivity contribution is -0.120. The first-order valence-corrected chi connectivity index (χ1v) is 10.3. The fraction of sp³-hybridized carbons (Fsp3) is 0.696. The van der Waals surface area contributed by atoms with E-state index in [4.69, 9.17) is 0 Å². The van der Waals surface area contributed by atoms with E-state index in [0.717, 1.165) is 37.5 Å². The third kappa shape index (κ3) is 4.94. The summed E-state index contributed by atoms with van der Waals surface area (Å²) in [5.74, 6) is 3.05. The molecule has 1 nitrogen and oxygen atoms in total. The summed E-state index contributed by atoms with van der Waals surface area (Å²) in [6.45, 7) is 2.32. The largest absolute Gasteiger partial charge is 0.300 e. The molecule has 0 saturated heterocycles. The van der Waals surface area contributed by atoms with Crippen LogP contribution in [0.5, 0.6) is 0 Å². The molecule has 1 aromatic rings. The second kappa shape index (κ2) is 8.83. The van der Waals surface area contributed by atoms with Crippen LogP contribution in [0.25, 0.3) is 0 Å². The number of ketones is 1. The highest BCUT2D eigenvalue weighted by molar-refractivity contribution is 5.79. The van der Waals surface area contributed by atoms with E-state index < -0.39 is 0 Å². The Morgan fingerprint density at radius 1 is 0.833 bits per heavy atom. The first-order chi connectivity index (χ1) is 11.7. The molecule has 1 aromatic carbocycles. The zero-order valence-electron chi connectivity index (χ0n) is 15.4. The molecule has 0 N–H and O–H groups in total. The maximum atomic E-state index is 11.4. The Morgan fingerprint density at radius 2 is 1.42 bits per heavy atom. The summed E-state index contributed by atoms with van der Waals surface area (Å²) in [6.07, 6.45) is 15.0. The Labute approximate surface area is 148 Å². The van der Waals surface area contributed by atoms with Gasteiger partial charge in [0.1, 0.15) is 5.78 Å². The maximum absolute atomic E-state index is 11.4. The Bertz CT molecular complexity index is 497. The van der Waals surface area contributed by atoms with Gasteiger partial charge >= 0.3 is 0 Å². The smallest absolute Gasteiger partial charge is 0.132 e. The highest BCUT2D eigenvalue weighted by atomic mass is 16.1. The van der Waals surface area contributed by atoms with Crippen molar-refractivity contribution in [3.63, 3.8) is 0 Å². The van der Waals surface area contributed by atoms with Crippen LogP contribution in [0.1, 0.15) is 94.6 Å². The van der Waals surface area contributed by atoms with Crippen molar-refractivity contribution < 1.29 is 4.79 Å². The molecule has 0 unspecified atom stereocenters. The second-order valence-electron chi connectivity index (χ2n) is 8.27. The van der Waals surface area contributed by atoms with Gasteiger partial charge in [-0.3, -0.25) is 4.79 Å². The van der Waals surface area contributed by atoms with Crippen LogP contribution >= 0.6 is 0 Å². The molecule has 1 heteroatoms. The molecule has 0 bridgehead atoms. The van der Waals surface area contributed by atoms with Crippen LogP contribution in [0.15, 0.2) is 24.3 Å². The van der Waals surface area contributed by atoms with Crippen LogP contribution < -0.4 is 0 Å². The van der Waals surface area contributed by atoms with Gasteiger partial charge in [0.15, 0.2) is 0 Å². The summed E-state index contributed by atoms with van der Waals surface area (Å²) < 4.78 is 0. The predicted molar refractivity (Wildman–Crippen MR) is 101 cm³/mol. The third-order valence-electron chi connectivity index (χ3n) is 6.50. The summed E-state index contributed by atoms with van der Waals surface area (Å²) in [4.78, 5) is 11.4. The Morgan fingerprint density at radius 3 is 2.00 bits per heavy atom. The van der Waals surface area contributed by atoms with Crippen molar-refractivity contribution in [3.05, 3.63) is 35.4 Å². The van der Waals surface area contributed by atoms with Gasteiger partial charge in [0, 0.05) is 12.8 Å². The minimum absolute atomic E-state index is 0.455. The number of hydrogen-bond acceptors (Lipinski definition) is 1. The van der Waals surface area contributed by atoms with E-state index in [1.807, 2.05) is 0 Å². The molecular weight excluding hydrogens is 292 g/mol. The van der Waals surface area contributed by atoms with E-state index in [0.29, 0.717) is 11.7 Å². The molecule has 2 aliphatic carbocycles. The first-order valence-electron chi connectivity index (χ1n) is 10.3. The molecule has 132 valence electrons. The highest BCUT2D eigenvalue weighted by Crippen LogP contribution is 2.34. The minimum Gasteiger partial charge on any atom is -0.300 e. The summed E-state index contributed by atoms with van der Waals surface area (Å²) in [5.41, 5.74) is 2.95. The SMILES string of the molecule is CCCC1CCC(CCc2ccc(C3CCC(=O)CC3)cc2)CC1. The average Bonchev–Trinajstić information content (AvgIpc) is 2.63. The van der Waals surface area contributed by atoms with Crippen molar-refractivity contribution in [2.24, 2.45) is 11.8 Å². The number of rotatable bonds is 6. The van der Waals surface area contributed by atoms with Gasteiger partial charge in [-0.25, -0.2) is 0 Å². The number of carbonyl (C=O) groups excluding carboxylic acids is 1. The average molecular weight is 327 g/mol. The van der Waals surface area contributed by atoms with Gasteiger partial charge in [0.2, 0.25) is 0 Å². The predicted octanol–water partition coefficient (Wildman–Crippen LogP) is 6.45. The van der Waals surface area contributed by atoms with Crippen LogP contribution in [0.2, 0.25) is 0 Å². The van der Waals surface area contributed by atoms with Gasteiger partial charge in [0.25, 0.3) is 0 Å². The van der Waals surface area contributed by atoms with Crippen molar-refractivity contribution in [3.8, 4) is 0 Å². The highest BCUT2D eigenvalue weighted by Gasteiger charge is 2.21. The van der Waals surface area contributed by atoms with Gasteiger partial charge in [-0.05, 0) is 54.6 Å². The van der Waals surface area contributed by atoms with E-state index in [1.165, 1.54) is 62.5 Å². The standard InChI is InChI=1S/C23H34O/c1-2-3-18-4-6-19(7-5-18)8-9-20-10-12-21(13-11-20)22-14-16-23(24)17-15-22/h10-13,18-19,22H,2-9,14-17H2,1H3. The van der Waals surface area contributed by atoms with Gasteiger partial charge < -0.3 is 0 Å². The molecule has 0 radical (unpaired) electrons. The molecule has 0 aliphatic heterocycles. The number of carbonyl (C=O) groups is 1. The van der Waals surface area contributed by atoms with Crippen LogP contribution in [0, 0.1) is 11.8 Å². The monoisotopic (exact) mass is 326 g/mol. The normalized spacial score (nSPS) is 25.8. The van der Waals surface area contributed by atoms with Crippen molar-refractivity contribution in [2.75, 3.05) is 0 Å². The lowest BCUT2D eigenvalue weighted by atomic mass is 9.78. The molecule has 0 atom stereocenters. The Hall–Kier alpha value is -1.11. The quantitative estimate of drug-likeness (QED) is 0.587. The number of Topliss-reactive ketones (excluding diaryl/α,β-unsaturated/α-hetero) is 1. The summed E-state index contributed by atoms with van der Waals surface area (Å²) in [7, 11) is 0. The molecule has 24 heavy (non-hydrogen) atoms. The number of benzene rings is 1. The molecule has 2 aliphatic rings. The van der Waals surface area contributed by atoms with Crippen LogP contribution in [0.3, 0.4) is 0 Å². The van der Waals surface area contributed by atoms with Gasteiger partial charge in [-0.2, -0.15) is 0 Å². The summed E-state index contributed by atoms with van der Waals surface area (Å²) in [6, 6.07) is 9.34. The van der Waals surface area contributed by atoms with Gasteiger partial charge in [-0.15, -0.1) is 0 Å². The molecule has 2 saturated carbocycles. The minimum atomic E-state index is 0.455. The van der Waals surface area contributed by atoms with Crippen LogP contribution in [-0.2, 0) is 11.2 Å². The Kier molecular flexibility index (Phi) is 6.51. The van der Waals surface area contributed by atoms with Crippen molar-refractivity contribution >= 4 is 5.78 Å². The van der Waals surface area contributed by atoms with Crippen LogP contribution in [0.4, 0.5) is 0 Å². The van der Waals surface area contributed by atoms with E-state index >= 15 is 0 Å². The van der Waals surface area contributed by atoms with E-state index in [2.05, 4.69) is 31.2 Å². The zero-order chi connectivity index (χ0) is 16.8. The number of hydrogen-bond donors (Lipinski definition) is 0. The molecule has 0 amide bonds. The van der Waals surface area contributed by atoms with E-state index in [9.17, 15) is 4.79 Å². The van der Waals surface area contributed by atoms with Gasteiger partial charge in [0.05, 0.1) is 0 Å². The summed E-state index contributed by atoms with van der Waals surface area (Å²) in [5, 5.41) is 0. The molecule has 2 fully saturated rings. The molecule has 0 aromatic heterocycles. The van der Waals surface area contributed by atoms with E-state index in [-0.39, 0.29) is 0 Å². The molecule has 0 spiro atoms. The van der Waals surface area contributed by atoms with Crippen molar-refractivity contribution in [2.45, 2.75) is 89.9 Å². The first kappa shape index (κ1) is 17.7. The van der Waals surface area contributed by atoms with E-state index in [1.54, 1.807) is 0 Å². The summed E-state index contributed by atoms with van der Waals surface area (Å²) >= 11 is 0. The fourth-order valence-corrected chi connectivity index (χ4v) is 4.82. The van der Waals surface area contributed by atoms with Crippen molar-refractivity contribution in [1.29, 1.82) is 0 Å². The molecule has 0 heterocycles. The fourth-order valence-electron chi connectivity index (χ4n) is 4.82. The second-order valence-corrected chi connectivity index (χ2v) is 8.27. The topological polar surface area (TPSA) is 17.1 Å². The lowest BCUT2D eigenvalue weighted by Crippen LogP contribution is -2.15. The number of aryl methyl sites for hydroxylation is 1. The van der Waals surface area contributed by atoms with Gasteiger partial charge in [-0.1, -0.05) is 69.7 Å². The maximum Gasteiger partial charge on any atom is 0.132 e. The Balaban J connectivity index is 1.42. The molecular formula is C23H34O. The molecule has 3 rings (SSSR count). The third-order valence-corrected chi connectivity index (χ3v) is 6.50. The van der Waals surface area contributed by atoms with Crippen LogP contribution in [-0.4, -0.2) is 5.78 Å². The van der Waals surface area contributed by atoms with Crippen molar-refractivity contribution in [1.82, 2.24) is 0 Å². The zero-order valence-corrected chi connectivity index (χ0v) is 15.4.